The molecule has 3 N–H and O–H groups in total. The van der Waals surface area contributed by atoms with Gasteiger partial charge in [0.25, 0.3) is 5.91 Å². The third-order valence-electron chi connectivity index (χ3n) is 3.18. The van der Waals surface area contributed by atoms with Crippen LogP contribution in [0.4, 0.5) is 17.1 Å². The third kappa shape index (κ3) is 5.06. The molecule has 0 aromatic heterocycles. The van der Waals surface area contributed by atoms with Gasteiger partial charge in [0, 0.05) is 36.5 Å². The molecule has 7 nitrogen and oxygen atoms in total. The molecule has 0 spiro atoms. The van der Waals surface area contributed by atoms with Gasteiger partial charge in [-0.25, -0.2) is 0 Å². The molecule has 2 aromatic rings. The summed E-state index contributed by atoms with van der Waals surface area (Å²) in [4.78, 5) is 35.1. The molecule has 26 heavy (non-hydrogen) atoms. The van der Waals surface area contributed by atoms with Gasteiger partial charge in [0.05, 0.1) is 10.6 Å². The third-order valence-corrected chi connectivity index (χ3v) is 3.50. The zero-order valence-electron chi connectivity index (χ0n) is 14.0. The largest absolute Gasteiger partial charge is 0.326 e. The van der Waals surface area contributed by atoms with E-state index in [1.807, 2.05) is 6.07 Å². The van der Waals surface area contributed by atoms with Crippen LogP contribution in [-0.2, 0) is 9.59 Å². The number of hydrogen-bond donors (Lipinski definition) is 3. The number of nitrogens with one attached hydrogen (secondary N) is 3. The van der Waals surface area contributed by atoms with Crippen molar-refractivity contribution in [3.8, 4) is 6.07 Å². The summed E-state index contributed by atoms with van der Waals surface area (Å²) in [6.45, 7) is 2.67. The van der Waals surface area contributed by atoms with Crippen LogP contribution in [0.5, 0.6) is 0 Å². The first kappa shape index (κ1) is 19.0. The van der Waals surface area contributed by atoms with E-state index >= 15 is 0 Å². The van der Waals surface area contributed by atoms with Gasteiger partial charge in [0.1, 0.15) is 6.07 Å². The van der Waals surface area contributed by atoms with Gasteiger partial charge in [-0.1, -0.05) is 11.6 Å². The molecule has 0 aliphatic carbocycles. The van der Waals surface area contributed by atoms with E-state index in [1.54, 1.807) is 6.07 Å². The van der Waals surface area contributed by atoms with Crippen LogP contribution in [0.3, 0.4) is 0 Å². The van der Waals surface area contributed by atoms with Crippen molar-refractivity contribution in [2.75, 3.05) is 16.0 Å². The van der Waals surface area contributed by atoms with Gasteiger partial charge in [-0.15, -0.1) is 0 Å². The Balaban J connectivity index is 2.31. The Morgan fingerprint density at radius 3 is 1.92 bits per heavy atom. The SMILES string of the molecule is CC(=O)Nc1cc(NC(C)=O)cc(C(=O)Nc2ccc(C#N)c(Cl)c2)c1. The fourth-order valence-corrected chi connectivity index (χ4v) is 2.42. The van der Waals surface area contributed by atoms with Crippen molar-refractivity contribution in [1.82, 2.24) is 0 Å². The Kier molecular flexibility index (Phi) is 5.94. The summed E-state index contributed by atoms with van der Waals surface area (Å²) in [7, 11) is 0. The van der Waals surface area contributed by atoms with Crippen molar-refractivity contribution in [3.05, 3.63) is 52.5 Å². The Bertz CT molecular complexity index is 900. The van der Waals surface area contributed by atoms with Crippen LogP contribution in [0.25, 0.3) is 0 Å². The van der Waals surface area contributed by atoms with Gasteiger partial charge in [0.15, 0.2) is 0 Å². The summed E-state index contributed by atoms with van der Waals surface area (Å²) in [5.74, 6) is -1.09. The zero-order valence-corrected chi connectivity index (χ0v) is 14.8. The summed E-state index contributed by atoms with van der Waals surface area (Å²) in [5, 5.41) is 16.9. The number of hydrogen-bond acceptors (Lipinski definition) is 4. The fraction of sp³-hybridized carbons (Fsp3) is 0.111. The molecule has 0 radical (unpaired) electrons. The minimum Gasteiger partial charge on any atom is -0.326 e. The number of amides is 3. The summed E-state index contributed by atoms with van der Waals surface area (Å²) in [6.07, 6.45) is 0. The maximum Gasteiger partial charge on any atom is 0.255 e. The van der Waals surface area contributed by atoms with Gasteiger partial charge < -0.3 is 16.0 Å². The first-order valence-electron chi connectivity index (χ1n) is 7.50. The second-order valence-corrected chi connectivity index (χ2v) is 5.83. The summed E-state index contributed by atoms with van der Waals surface area (Å²) < 4.78 is 0. The predicted molar refractivity (Wildman–Crippen MR) is 99.2 cm³/mol. The van der Waals surface area contributed by atoms with Crippen LogP contribution in [0.1, 0.15) is 29.8 Å². The second-order valence-electron chi connectivity index (χ2n) is 5.42. The molecule has 0 saturated heterocycles. The molecule has 8 heteroatoms. The normalized spacial score (nSPS) is 9.77. The number of rotatable bonds is 4. The number of nitrogens with zero attached hydrogens (tertiary/aromatic N) is 1. The molecule has 2 rings (SSSR count). The highest BCUT2D eigenvalue weighted by molar-refractivity contribution is 6.32. The summed E-state index contributed by atoms with van der Waals surface area (Å²) in [6, 6.07) is 10.9. The number of nitriles is 1. The van der Waals surface area contributed by atoms with Crippen LogP contribution >= 0.6 is 11.6 Å². The van der Waals surface area contributed by atoms with E-state index in [0.29, 0.717) is 22.6 Å². The standard InChI is InChI=1S/C18H15ClN4O3/c1-10(24)21-15-5-13(6-16(7-15)22-11(2)25)18(26)23-14-4-3-12(9-20)17(19)8-14/h3-8H,1-2H3,(H,21,24)(H,22,25)(H,23,26). The number of carbonyl (C=O) groups is 3. The first-order chi connectivity index (χ1) is 12.3. The Labute approximate surface area is 155 Å². The van der Waals surface area contributed by atoms with Crippen molar-refractivity contribution in [2.45, 2.75) is 13.8 Å². The topological polar surface area (TPSA) is 111 Å². The van der Waals surface area contributed by atoms with Crippen molar-refractivity contribution in [2.24, 2.45) is 0 Å². The molecule has 0 aliphatic heterocycles. The molecule has 132 valence electrons. The molecular formula is C18H15ClN4O3. The van der Waals surface area contributed by atoms with Gasteiger partial charge in [-0.05, 0) is 36.4 Å². The van der Waals surface area contributed by atoms with Gasteiger partial charge in [-0.2, -0.15) is 5.26 Å². The highest BCUT2D eigenvalue weighted by atomic mass is 35.5. The van der Waals surface area contributed by atoms with E-state index in [4.69, 9.17) is 16.9 Å². The van der Waals surface area contributed by atoms with Gasteiger partial charge >= 0.3 is 0 Å². The van der Waals surface area contributed by atoms with Gasteiger partial charge in [0.2, 0.25) is 11.8 Å². The Hall–Kier alpha value is -3.37. The van der Waals surface area contributed by atoms with E-state index in [0.717, 1.165) is 0 Å². The molecule has 2 aromatic carbocycles. The molecule has 0 aliphatic rings. The van der Waals surface area contributed by atoms with E-state index in [2.05, 4.69) is 16.0 Å². The van der Waals surface area contributed by atoms with Crippen molar-refractivity contribution in [1.29, 1.82) is 5.26 Å². The Morgan fingerprint density at radius 2 is 1.46 bits per heavy atom. The van der Waals surface area contributed by atoms with Crippen molar-refractivity contribution in [3.63, 3.8) is 0 Å². The lowest BCUT2D eigenvalue weighted by atomic mass is 10.1. The second kappa shape index (κ2) is 8.14. The molecule has 0 fully saturated rings. The first-order valence-corrected chi connectivity index (χ1v) is 7.87. The van der Waals surface area contributed by atoms with Crippen LogP contribution in [0.2, 0.25) is 5.02 Å². The smallest absolute Gasteiger partial charge is 0.255 e. The summed E-state index contributed by atoms with van der Waals surface area (Å²) in [5.41, 5.74) is 1.66. The maximum atomic E-state index is 12.5. The number of benzene rings is 2. The van der Waals surface area contributed by atoms with Crippen molar-refractivity contribution < 1.29 is 14.4 Å². The predicted octanol–water partition coefficient (Wildman–Crippen LogP) is 3.38. The summed E-state index contributed by atoms with van der Waals surface area (Å²) >= 11 is 5.96. The van der Waals surface area contributed by atoms with Crippen LogP contribution in [-0.4, -0.2) is 17.7 Å². The highest BCUT2D eigenvalue weighted by Crippen LogP contribution is 2.23. The number of carbonyl (C=O) groups excluding carboxylic acids is 3. The lowest BCUT2D eigenvalue weighted by molar-refractivity contribution is -0.115. The average molecular weight is 371 g/mol. The number of anilines is 3. The highest BCUT2D eigenvalue weighted by Gasteiger charge is 2.12. The average Bonchev–Trinajstić information content (AvgIpc) is 2.53. The van der Waals surface area contributed by atoms with E-state index in [-0.39, 0.29) is 22.4 Å². The minimum absolute atomic E-state index is 0.219. The zero-order chi connectivity index (χ0) is 19.3. The quantitative estimate of drug-likeness (QED) is 0.765. The van der Waals surface area contributed by atoms with Crippen LogP contribution < -0.4 is 16.0 Å². The Morgan fingerprint density at radius 1 is 0.885 bits per heavy atom. The molecule has 3 amide bonds. The van der Waals surface area contributed by atoms with E-state index in [9.17, 15) is 14.4 Å². The molecule has 0 saturated carbocycles. The maximum absolute atomic E-state index is 12.5. The van der Waals surface area contributed by atoms with E-state index < -0.39 is 5.91 Å². The van der Waals surface area contributed by atoms with Crippen LogP contribution in [0.15, 0.2) is 36.4 Å². The lowest BCUT2D eigenvalue weighted by Crippen LogP contribution is -2.15. The van der Waals surface area contributed by atoms with Gasteiger partial charge in [-0.3, -0.25) is 14.4 Å². The molecule has 0 unspecified atom stereocenters. The molecule has 0 heterocycles. The fourth-order valence-electron chi connectivity index (χ4n) is 2.20. The van der Waals surface area contributed by atoms with E-state index in [1.165, 1.54) is 44.2 Å². The minimum atomic E-state index is -0.468. The molecule has 0 atom stereocenters. The van der Waals surface area contributed by atoms with Crippen LogP contribution in [0, 0.1) is 11.3 Å². The molecule has 0 bridgehead atoms. The number of halogens is 1. The monoisotopic (exact) mass is 370 g/mol. The molecular weight excluding hydrogens is 356 g/mol. The van der Waals surface area contributed by atoms with Crippen molar-refractivity contribution >= 4 is 46.4 Å². The lowest BCUT2D eigenvalue weighted by Gasteiger charge is -2.11.